The molecule has 4 rings (SSSR count). The maximum atomic E-state index is 12.8. The lowest BCUT2D eigenvalue weighted by Gasteiger charge is -2.31. The Kier molecular flexibility index (Phi) is 8.87. The van der Waals surface area contributed by atoms with E-state index in [1.165, 1.54) is 0 Å². The van der Waals surface area contributed by atoms with Crippen LogP contribution in [0.4, 0.5) is 17.1 Å². The first-order chi connectivity index (χ1) is 17.6. The third-order valence-corrected chi connectivity index (χ3v) is 6.52. The van der Waals surface area contributed by atoms with Crippen molar-refractivity contribution in [3.8, 4) is 0 Å². The monoisotopic (exact) mass is 483 g/mol. The fourth-order valence-electron chi connectivity index (χ4n) is 4.76. The van der Waals surface area contributed by atoms with Gasteiger partial charge in [0.25, 0.3) is 0 Å². The molecule has 1 saturated heterocycles. The Hall–Kier alpha value is -3.93. The Morgan fingerprint density at radius 3 is 0.889 bits per heavy atom. The molecule has 36 heavy (non-hydrogen) atoms. The van der Waals surface area contributed by atoms with Gasteiger partial charge in [-0.05, 0) is 55.7 Å². The van der Waals surface area contributed by atoms with Crippen LogP contribution < -0.4 is 31.0 Å². The fourth-order valence-corrected chi connectivity index (χ4v) is 4.76. The van der Waals surface area contributed by atoms with Crippen LogP contribution in [0.5, 0.6) is 0 Å². The van der Waals surface area contributed by atoms with Crippen molar-refractivity contribution in [2.45, 2.75) is 19.3 Å². The average Bonchev–Trinajstić information content (AvgIpc) is 3.31. The zero-order chi connectivity index (χ0) is 25.2. The molecule has 0 amide bonds. The molecular formula is C30H33N3O3. The van der Waals surface area contributed by atoms with E-state index in [1.54, 1.807) is 36.4 Å². The van der Waals surface area contributed by atoms with Crippen molar-refractivity contribution in [1.82, 2.24) is 0 Å². The molecule has 0 radical (unpaired) electrons. The van der Waals surface area contributed by atoms with Crippen molar-refractivity contribution in [2.24, 2.45) is 0 Å². The number of hydrogen-bond donors (Lipinski definition) is 0. The summed E-state index contributed by atoms with van der Waals surface area (Å²) in [5, 5.41) is 0. The highest BCUT2D eigenvalue weighted by atomic mass is 16.1. The highest BCUT2D eigenvalue weighted by Crippen LogP contribution is 2.16. The molecule has 0 N–H and O–H groups in total. The summed E-state index contributed by atoms with van der Waals surface area (Å²) < 4.78 is 0. The summed E-state index contributed by atoms with van der Waals surface area (Å²) in [6.45, 7) is 4.23. The van der Waals surface area contributed by atoms with E-state index in [0.717, 1.165) is 19.3 Å². The second-order valence-electron chi connectivity index (χ2n) is 9.00. The predicted octanol–water partition coefficient (Wildman–Crippen LogP) is 3.77. The van der Waals surface area contributed by atoms with Crippen LogP contribution in [0.3, 0.4) is 0 Å². The van der Waals surface area contributed by atoms with Crippen molar-refractivity contribution in [1.29, 1.82) is 0 Å². The molecule has 0 aliphatic carbocycles. The van der Waals surface area contributed by atoms with E-state index in [4.69, 9.17) is 0 Å². The molecule has 6 heteroatoms. The lowest BCUT2D eigenvalue weighted by molar-refractivity contribution is 0.616. The predicted molar refractivity (Wildman–Crippen MR) is 149 cm³/mol. The standard InChI is InChI=1S/C30H33N3O3/c34-28-16-7-1-4-13-25(28)31-19-10-21-32(26-14-5-2-8-17-29(26)35)23-12-24-33(22-11-20-31)27-15-6-3-9-18-30(27)36/h1-9,13-18H,10-12,19-24H2. The molecule has 0 spiro atoms. The third-order valence-electron chi connectivity index (χ3n) is 6.52. The zero-order valence-electron chi connectivity index (χ0n) is 20.6. The normalized spacial score (nSPS) is 15.5. The van der Waals surface area contributed by atoms with E-state index >= 15 is 0 Å². The van der Waals surface area contributed by atoms with Crippen molar-refractivity contribution in [3.05, 3.63) is 122 Å². The van der Waals surface area contributed by atoms with Crippen LogP contribution >= 0.6 is 0 Å². The van der Waals surface area contributed by atoms with Gasteiger partial charge >= 0.3 is 0 Å². The van der Waals surface area contributed by atoms with Gasteiger partial charge in [0, 0.05) is 39.3 Å². The SMILES string of the molecule is O=c1cccccc1N1CCCN(c2cccccc2=O)CCCN(c2cccccc2=O)CCC1. The van der Waals surface area contributed by atoms with E-state index in [1.807, 2.05) is 54.6 Å². The summed E-state index contributed by atoms with van der Waals surface area (Å²) in [5.41, 5.74) is 2.03. The van der Waals surface area contributed by atoms with Gasteiger partial charge in [0.05, 0.1) is 17.1 Å². The van der Waals surface area contributed by atoms with Gasteiger partial charge in [0.1, 0.15) is 0 Å². The largest absolute Gasteiger partial charge is 0.368 e. The van der Waals surface area contributed by atoms with Gasteiger partial charge in [-0.25, -0.2) is 0 Å². The van der Waals surface area contributed by atoms with E-state index in [-0.39, 0.29) is 16.3 Å². The van der Waals surface area contributed by atoms with Crippen molar-refractivity contribution >= 4 is 17.1 Å². The van der Waals surface area contributed by atoms with Crippen molar-refractivity contribution in [2.75, 3.05) is 54.0 Å². The first kappa shape index (κ1) is 25.2. The summed E-state index contributed by atoms with van der Waals surface area (Å²) >= 11 is 0. The summed E-state index contributed by atoms with van der Waals surface area (Å²) in [5.74, 6) is 0. The molecule has 1 aliphatic heterocycles. The Bertz CT molecular complexity index is 1160. The first-order valence-electron chi connectivity index (χ1n) is 12.7. The van der Waals surface area contributed by atoms with Crippen LogP contribution in [0.2, 0.25) is 0 Å². The molecule has 1 aliphatic rings. The lowest BCUT2D eigenvalue weighted by Crippen LogP contribution is -2.39. The fraction of sp³-hybridized carbons (Fsp3) is 0.300. The molecule has 3 aromatic rings. The molecule has 186 valence electrons. The molecule has 0 saturated carbocycles. The number of rotatable bonds is 3. The second kappa shape index (κ2) is 12.7. The maximum absolute atomic E-state index is 12.8. The molecule has 0 unspecified atom stereocenters. The van der Waals surface area contributed by atoms with Crippen LogP contribution in [0.1, 0.15) is 19.3 Å². The topological polar surface area (TPSA) is 60.9 Å². The molecular weight excluding hydrogens is 450 g/mol. The van der Waals surface area contributed by atoms with Gasteiger partial charge in [-0.1, -0.05) is 54.6 Å². The molecule has 0 bridgehead atoms. The van der Waals surface area contributed by atoms with Gasteiger partial charge in [-0.3, -0.25) is 14.4 Å². The van der Waals surface area contributed by atoms with E-state index in [2.05, 4.69) is 14.7 Å². The highest BCUT2D eigenvalue weighted by Gasteiger charge is 2.17. The van der Waals surface area contributed by atoms with Crippen LogP contribution in [0.25, 0.3) is 0 Å². The summed E-state index contributed by atoms with van der Waals surface area (Å²) in [6, 6.07) is 27.0. The second-order valence-corrected chi connectivity index (χ2v) is 9.00. The molecule has 0 aromatic heterocycles. The smallest absolute Gasteiger partial charge is 0.201 e. The molecule has 1 heterocycles. The van der Waals surface area contributed by atoms with Crippen LogP contribution in [-0.4, -0.2) is 39.3 Å². The van der Waals surface area contributed by atoms with Crippen molar-refractivity contribution in [3.63, 3.8) is 0 Å². The first-order valence-corrected chi connectivity index (χ1v) is 12.7. The number of hydrogen-bond acceptors (Lipinski definition) is 6. The minimum Gasteiger partial charge on any atom is -0.368 e. The van der Waals surface area contributed by atoms with Crippen molar-refractivity contribution < 1.29 is 0 Å². The Labute approximate surface area is 212 Å². The molecule has 6 nitrogen and oxygen atoms in total. The van der Waals surface area contributed by atoms with Crippen LogP contribution in [-0.2, 0) is 0 Å². The molecule has 1 fully saturated rings. The maximum Gasteiger partial charge on any atom is 0.201 e. The van der Waals surface area contributed by atoms with Gasteiger partial charge < -0.3 is 14.7 Å². The molecule has 3 aromatic carbocycles. The summed E-state index contributed by atoms with van der Waals surface area (Å²) in [4.78, 5) is 44.8. The van der Waals surface area contributed by atoms with E-state index in [9.17, 15) is 14.4 Å². The number of nitrogens with zero attached hydrogens (tertiary/aromatic N) is 3. The van der Waals surface area contributed by atoms with Gasteiger partial charge in [0.15, 0.2) is 0 Å². The summed E-state index contributed by atoms with van der Waals surface area (Å²) in [6.07, 6.45) is 2.46. The van der Waals surface area contributed by atoms with E-state index < -0.39 is 0 Å². The van der Waals surface area contributed by atoms with Crippen LogP contribution in [0.15, 0.2) is 105 Å². The van der Waals surface area contributed by atoms with Gasteiger partial charge in [0.2, 0.25) is 16.3 Å². The minimum atomic E-state index is -0.00494. The van der Waals surface area contributed by atoms with Gasteiger partial charge in [-0.15, -0.1) is 0 Å². The Morgan fingerprint density at radius 1 is 0.361 bits per heavy atom. The van der Waals surface area contributed by atoms with Crippen LogP contribution in [0, 0.1) is 0 Å². The Morgan fingerprint density at radius 2 is 0.611 bits per heavy atom. The minimum absolute atomic E-state index is 0.00494. The summed E-state index contributed by atoms with van der Waals surface area (Å²) in [7, 11) is 0. The molecule has 0 atom stereocenters. The third kappa shape index (κ3) is 6.60. The van der Waals surface area contributed by atoms with E-state index in [0.29, 0.717) is 56.3 Å². The Balaban J connectivity index is 1.66. The van der Waals surface area contributed by atoms with Gasteiger partial charge in [-0.2, -0.15) is 0 Å². The lowest BCUT2D eigenvalue weighted by atomic mass is 10.2. The average molecular weight is 484 g/mol. The quantitative estimate of drug-likeness (QED) is 0.565. The zero-order valence-corrected chi connectivity index (χ0v) is 20.6. The highest BCUT2D eigenvalue weighted by molar-refractivity contribution is 5.48. The number of anilines is 3.